The average Bonchev–Trinajstić information content (AvgIpc) is 2.34. The zero-order valence-corrected chi connectivity index (χ0v) is 10.9. The summed E-state index contributed by atoms with van der Waals surface area (Å²) in [5.74, 6) is 1.03. The summed E-state index contributed by atoms with van der Waals surface area (Å²) in [7, 11) is 1.54. The number of aromatic nitrogens is 2. The Balaban J connectivity index is 2.73. The number of nitrogens with zero attached hydrogens (tertiary/aromatic N) is 2. The maximum absolute atomic E-state index is 9.27. The molecule has 5 nitrogen and oxygen atoms in total. The molecule has 0 aliphatic carbocycles. The molecule has 0 saturated carbocycles. The second-order valence-corrected chi connectivity index (χ2v) is 4.06. The van der Waals surface area contributed by atoms with Gasteiger partial charge in [0.25, 0.3) is 0 Å². The Labute approximate surface area is 106 Å². The van der Waals surface area contributed by atoms with Crippen LogP contribution in [0.25, 0.3) is 0 Å². The van der Waals surface area contributed by atoms with Crippen LogP contribution >= 0.6 is 11.6 Å². The molecule has 0 amide bonds. The third-order valence-electron chi connectivity index (χ3n) is 2.41. The van der Waals surface area contributed by atoms with Crippen LogP contribution in [-0.4, -0.2) is 34.8 Å². The van der Waals surface area contributed by atoms with E-state index < -0.39 is 0 Å². The molecule has 0 bridgehead atoms. The molecule has 1 atom stereocenters. The molecule has 17 heavy (non-hydrogen) atoms. The minimum atomic E-state index is -0.0465. The molecule has 6 heteroatoms. The van der Waals surface area contributed by atoms with Gasteiger partial charge in [0, 0.05) is 0 Å². The quantitative estimate of drug-likeness (QED) is 0.734. The fraction of sp³-hybridized carbons (Fsp3) is 0.636. The summed E-state index contributed by atoms with van der Waals surface area (Å²) < 4.78 is 5.12. The standard InChI is InChI=1S/C11H18ClN3O2/c1-3-4-5-8(7-16)14-10-9(17-2)6-13-11(12)15-10/h6,8,16H,3-5,7H2,1-2H3,(H,13,14,15)/t8-/m1/s1. The van der Waals surface area contributed by atoms with Crippen molar-refractivity contribution in [3.05, 3.63) is 11.5 Å². The van der Waals surface area contributed by atoms with E-state index in [1.807, 2.05) is 0 Å². The van der Waals surface area contributed by atoms with Gasteiger partial charge in [0.05, 0.1) is 26.0 Å². The van der Waals surface area contributed by atoms with Crippen molar-refractivity contribution < 1.29 is 9.84 Å². The van der Waals surface area contributed by atoms with Gasteiger partial charge in [-0.25, -0.2) is 4.98 Å². The van der Waals surface area contributed by atoms with Gasteiger partial charge >= 0.3 is 0 Å². The Hall–Kier alpha value is -1.07. The van der Waals surface area contributed by atoms with E-state index in [1.54, 1.807) is 0 Å². The number of unbranched alkanes of at least 4 members (excludes halogenated alkanes) is 1. The van der Waals surface area contributed by atoms with Crippen molar-refractivity contribution in [3.63, 3.8) is 0 Å². The van der Waals surface area contributed by atoms with Gasteiger partial charge in [-0.1, -0.05) is 19.8 Å². The first-order valence-electron chi connectivity index (χ1n) is 5.65. The van der Waals surface area contributed by atoms with E-state index in [2.05, 4.69) is 22.2 Å². The predicted molar refractivity (Wildman–Crippen MR) is 67.6 cm³/mol. The summed E-state index contributed by atoms with van der Waals surface area (Å²) in [5.41, 5.74) is 0. The summed E-state index contributed by atoms with van der Waals surface area (Å²) in [4.78, 5) is 7.88. The Morgan fingerprint density at radius 3 is 2.94 bits per heavy atom. The van der Waals surface area contributed by atoms with Crippen molar-refractivity contribution in [3.8, 4) is 5.75 Å². The molecule has 0 spiro atoms. The highest BCUT2D eigenvalue weighted by Crippen LogP contribution is 2.23. The zero-order valence-electron chi connectivity index (χ0n) is 10.1. The largest absolute Gasteiger partial charge is 0.491 e. The Kier molecular flexibility index (Phi) is 6.00. The van der Waals surface area contributed by atoms with Crippen LogP contribution in [0, 0.1) is 0 Å². The summed E-state index contributed by atoms with van der Waals surface area (Å²) in [5, 5.41) is 12.5. The second-order valence-electron chi connectivity index (χ2n) is 3.72. The normalized spacial score (nSPS) is 12.2. The molecule has 1 aromatic rings. The van der Waals surface area contributed by atoms with Crippen molar-refractivity contribution in [2.24, 2.45) is 0 Å². The molecule has 96 valence electrons. The van der Waals surface area contributed by atoms with Gasteiger partial charge in [0.1, 0.15) is 0 Å². The molecule has 0 aliphatic heterocycles. The number of nitrogens with one attached hydrogen (secondary N) is 1. The van der Waals surface area contributed by atoms with E-state index in [0.29, 0.717) is 11.6 Å². The van der Waals surface area contributed by atoms with Crippen LogP contribution in [0.1, 0.15) is 26.2 Å². The van der Waals surface area contributed by atoms with Crippen molar-refractivity contribution in [1.29, 1.82) is 0 Å². The topological polar surface area (TPSA) is 67.3 Å². The number of aliphatic hydroxyl groups is 1. The lowest BCUT2D eigenvalue weighted by molar-refractivity contribution is 0.266. The zero-order chi connectivity index (χ0) is 12.7. The molecule has 0 radical (unpaired) electrons. The maximum Gasteiger partial charge on any atom is 0.224 e. The average molecular weight is 260 g/mol. The lowest BCUT2D eigenvalue weighted by Crippen LogP contribution is -2.24. The number of halogens is 1. The Bertz CT molecular complexity index is 349. The van der Waals surface area contributed by atoms with E-state index >= 15 is 0 Å². The van der Waals surface area contributed by atoms with E-state index in [0.717, 1.165) is 19.3 Å². The number of rotatable bonds is 7. The Morgan fingerprint density at radius 2 is 2.35 bits per heavy atom. The first kappa shape index (κ1) is 14.0. The van der Waals surface area contributed by atoms with Gasteiger partial charge in [-0.05, 0) is 18.0 Å². The monoisotopic (exact) mass is 259 g/mol. The van der Waals surface area contributed by atoms with Gasteiger partial charge < -0.3 is 15.2 Å². The summed E-state index contributed by atoms with van der Waals surface area (Å²) in [6.07, 6.45) is 4.50. The van der Waals surface area contributed by atoms with Crippen molar-refractivity contribution in [2.45, 2.75) is 32.2 Å². The molecule has 1 heterocycles. The van der Waals surface area contributed by atoms with Crippen molar-refractivity contribution in [2.75, 3.05) is 19.0 Å². The lowest BCUT2D eigenvalue weighted by Gasteiger charge is -2.18. The molecule has 1 aromatic heterocycles. The van der Waals surface area contributed by atoms with Gasteiger partial charge in [-0.3, -0.25) is 0 Å². The molecule has 0 unspecified atom stereocenters. The first-order valence-corrected chi connectivity index (χ1v) is 6.03. The SMILES string of the molecule is CCCC[C@H](CO)Nc1nc(Cl)ncc1OC. The van der Waals surface area contributed by atoms with Crippen LogP contribution in [0.5, 0.6) is 5.75 Å². The molecular weight excluding hydrogens is 242 g/mol. The van der Waals surface area contributed by atoms with Crippen LogP contribution in [0.4, 0.5) is 5.82 Å². The van der Waals surface area contributed by atoms with E-state index in [4.69, 9.17) is 16.3 Å². The van der Waals surface area contributed by atoms with Gasteiger partial charge in [0.15, 0.2) is 11.6 Å². The van der Waals surface area contributed by atoms with Crippen LogP contribution in [0.2, 0.25) is 5.28 Å². The molecule has 1 rings (SSSR count). The first-order chi connectivity index (χ1) is 8.21. The highest BCUT2D eigenvalue weighted by atomic mass is 35.5. The molecule has 0 aromatic carbocycles. The van der Waals surface area contributed by atoms with Crippen molar-refractivity contribution >= 4 is 17.4 Å². The van der Waals surface area contributed by atoms with E-state index in [9.17, 15) is 5.11 Å². The molecule has 0 aliphatic rings. The fourth-order valence-corrected chi connectivity index (χ4v) is 1.59. The second kappa shape index (κ2) is 7.29. The summed E-state index contributed by atoms with van der Waals surface area (Å²) in [6.45, 7) is 2.15. The lowest BCUT2D eigenvalue weighted by atomic mass is 10.1. The van der Waals surface area contributed by atoms with Gasteiger partial charge in [-0.2, -0.15) is 4.98 Å². The van der Waals surface area contributed by atoms with E-state index in [-0.39, 0.29) is 17.9 Å². The number of aliphatic hydroxyl groups excluding tert-OH is 1. The third kappa shape index (κ3) is 4.36. The third-order valence-corrected chi connectivity index (χ3v) is 2.60. The van der Waals surface area contributed by atoms with Gasteiger partial charge in [0.2, 0.25) is 5.28 Å². The van der Waals surface area contributed by atoms with E-state index in [1.165, 1.54) is 13.3 Å². The van der Waals surface area contributed by atoms with Crippen LogP contribution in [0.15, 0.2) is 6.20 Å². The maximum atomic E-state index is 9.27. The van der Waals surface area contributed by atoms with Gasteiger partial charge in [-0.15, -0.1) is 0 Å². The highest BCUT2D eigenvalue weighted by molar-refractivity contribution is 6.28. The number of hydrogen-bond donors (Lipinski definition) is 2. The number of anilines is 1. The molecule has 2 N–H and O–H groups in total. The Morgan fingerprint density at radius 1 is 1.59 bits per heavy atom. The number of ether oxygens (including phenoxy) is 1. The number of hydrogen-bond acceptors (Lipinski definition) is 5. The molecule has 0 fully saturated rings. The smallest absolute Gasteiger partial charge is 0.224 e. The summed E-state index contributed by atoms with van der Waals surface area (Å²) >= 11 is 5.72. The minimum absolute atomic E-state index is 0.0464. The highest BCUT2D eigenvalue weighted by Gasteiger charge is 2.12. The summed E-state index contributed by atoms with van der Waals surface area (Å²) in [6, 6.07) is -0.0465. The fourth-order valence-electron chi connectivity index (χ4n) is 1.46. The van der Waals surface area contributed by atoms with Crippen molar-refractivity contribution in [1.82, 2.24) is 9.97 Å². The van der Waals surface area contributed by atoms with Crippen LogP contribution in [0.3, 0.4) is 0 Å². The van der Waals surface area contributed by atoms with Crippen LogP contribution < -0.4 is 10.1 Å². The minimum Gasteiger partial charge on any atom is -0.491 e. The van der Waals surface area contributed by atoms with Crippen LogP contribution in [-0.2, 0) is 0 Å². The molecular formula is C11H18ClN3O2. The molecule has 0 saturated heterocycles. The number of methoxy groups -OCH3 is 1. The predicted octanol–water partition coefficient (Wildman–Crippen LogP) is 2.10.